The molecule has 1 saturated carbocycles. The van der Waals surface area contributed by atoms with Crippen molar-refractivity contribution in [1.29, 1.82) is 0 Å². The number of hydrogen-bond acceptors (Lipinski definition) is 2. The number of nitrogens with zero attached hydrogens (tertiary/aromatic N) is 1. The Balaban J connectivity index is 2.53. The molecule has 2 nitrogen and oxygen atoms in total. The van der Waals surface area contributed by atoms with Gasteiger partial charge in [-0.05, 0) is 51.0 Å². The molecule has 0 aromatic heterocycles. The van der Waals surface area contributed by atoms with Gasteiger partial charge in [0.2, 0.25) is 0 Å². The summed E-state index contributed by atoms with van der Waals surface area (Å²) in [4.78, 5) is 2.51. The Morgan fingerprint density at radius 2 is 1.67 bits per heavy atom. The Hall–Kier alpha value is -0.0800. The fourth-order valence-corrected chi connectivity index (χ4v) is 3.23. The van der Waals surface area contributed by atoms with E-state index in [1.165, 1.54) is 25.7 Å². The molecule has 1 rings (SSSR count). The molecule has 108 valence electrons. The molecule has 0 radical (unpaired) electrons. The Morgan fingerprint density at radius 1 is 1.17 bits per heavy atom. The summed E-state index contributed by atoms with van der Waals surface area (Å²) in [6, 6.07) is 0.724. The maximum atomic E-state index is 9.68. The van der Waals surface area contributed by atoms with Gasteiger partial charge in [0.05, 0.1) is 0 Å². The molecule has 0 aromatic rings. The van der Waals surface area contributed by atoms with Crippen molar-refractivity contribution in [1.82, 2.24) is 4.90 Å². The largest absolute Gasteiger partial charge is 0.396 e. The minimum atomic E-state index is 0.113. The molecular weight excluding hydrogens is 222 g/mol. The summed E-state index contributed by atoms with van der Waals surface area (Å²) in [6.07, 6.45) is 7.46. The summed E-state index contributed by atoms with van der Waals surface area (Å²) in [5, 5.41) is 9.68. The molecule has 0 spiro atoms. The molecule has 1 N–H and O–H groups in total. The summed E-state index contributed by atoms with van der Waals surface area (Å²) < 4.78 is 0. The number of aliphatic hydroxyl groups is 1. The van der Waals surface area contributed by atoms with E-state index in [1.54, 1.807) is 0 Å². The molecule has 18 heavy (non-hydrogen) atoms. The molecule has 0 bridgehead atoms. The van der Waals surface area contributed by atoms with Crippen molar-refractivity contribution < 1.29 is 5.11 Å². The lowest BCUT2D eigenvalue weighted by Crippen LogP contribution is -2.44. The van der Waals surface area contributed by atoms with E-state index in [2.05, 4.69) is 39.6 Å². The molecule has 0 unspecified atom stereocenters. The van der Waals surface area contributed by atoms with Crippen LogP contribution in [0.5, 0.6) is 0 Å². The first kappa shape index (κ1) is 16.0. The molecule has 2 heteroatoms. The quantitative estimate of drug-likeness (QED) is 0.782. The van der Waals surface area contributed by atoms with Crippen LogP contribution in [0.15, 0.2) is 0 Å². The number of rotatable bonds is 6. The highest BCUT2D eigenvalue weighted by atomic mass is 16.3. The van der Waals surface area contributed by atoms with Gasteiger partial charge in [0.15, 0.2) is 0 Å². The zero-order chi connectivity index (χ0) is 13.8. The van der Waals surface area contributed by atoms with E-state index in [0.29, 0.717) is 12.0 Å². The zero-order valence-electron chi connectivity index (χ0n) is 13.1. The number of aliphatic hydroxyl groups excluding tert-OH is 1. The van der Waals surface area contributed by atoms with Crippen LogP contribution >= 0.6 is 0 Å². The second-order valence-corrected chi connectivity index (χ2v) is 7.18. The van der Waals surface area contributed by atoms with Crippen LogP contribution in [-0.2, 0) is 0 Å². The minimum Gasteiger partial charge on any atom is -0.396 e. The van der Waals surface area contributed by atoms with Gasteiger partial charge in [-0.1, -0.05) is 27.7 Å². The average Bonchev–Trinajstić information content (AvgIpc) is 2.36. The van der Waals surface area contributed by atoms with Gasteiger partial charge >= 0.3 is 0 Å². The maximum Gasteiger partial charge on any atom is 0.0499 e. The normalized spacial score (nSPS) is 21.5. The lowest BCUT2D eigenvalue weighted by atomic mass is 9.74. The van der Waals surface area contributed by atoms with Crippen LogP contribution in [0.2, 0.25) is 0 Å². The topological polar surface area (TPSA) is 23.5 Å². The van der Waals surface area contributed by atoms with Crippen LogP contribution in [0.3, 0.4) is 0 Å². The van der Waals surface area contributed by atoms with E-state index in [-0.39, 0.29) is 5.41 Å². The van der Waals surface area contributed by atoms with E-state index in [9.17, 15) is 5.11 Å². The monoisotopic (exact) mass is 255 g/mol. The molecule has 1 fully saturated rings. The van der Waals surface area contributed by atoms with Crippen molar-refractivity contribution in [3.05, 3.63) is 0 Å². The molecule has 0 aliphatic heterocycles. The predicted molar refractivity (Wildman–Crippen MR) is 78.8 cm³/mol. The third kappa shape index (κ3) is 3.96. The van der Waals surface area contributed by atoms with Gasteiger partial charge < -0.3 is 10.0 Å². The van der Waals surface area contributed by atoms with Gasteiger partial charge in [-0.2, -0.15) is 0 Å². The average molecular weight is 255 g/mol. The zero-order valence-corrected chi connectivity index (χ0v) is 13.1. The molecule has 0 heterocycles. The fourth-order valence-electron chi connectivity index (χ4n) is 3.23. The molecule has 0 amide bonds. The van der Waals surface area contributed by atoms with E-state index in [4.69, 9.17) is 0 Å². The van der Waals surface area contributed by atoms with Crippen LogP contribution < -0.4 is 0 Å². The van der Waals surface area contributed by atoms with Gasteiger partial charge in [0.25, 0.3) is 0 Å². The molecule has 0 atom stereocenters. The van der Waals surface area contributed by atoms with Crippen LogP contribution in [0.25, 0.3) is 0 Å². The van der Waals surface area contributed by atoms with E-state index >= 15 is 0 Å². The standard InChI is InChI=1S/C16H33NO/c1-6-16(7-2,13-18)12-17(5)14-8-10-15(3,4)11-9-14/h14,18H,6-13H2,1-5H3. The highest BCUT2D eigenvalue weighted by molar-refractivity contribution is 4.86. The summed E-state index contributed by atoms with van der Waals surface area (Å²) in [6.45, 7) is 10.6. The maximum absolute atomic E-state index is 9.68. The van der Waals surface area contributed by atoms with Crippen molar-refractivity contribution in [3.63, 3.8) is 0 Å². The summed E-state index contributed by atoms with van der Waals surface area (Å²) in [5.41, 5.74) is 0.655. The molecule has 1 aliphatic carbocycles. The molecule has 0 saturated heterocycles. The van der Waals surface area contributed by atoms with Crippen LogP contribution in [0, 0.1) is 10.8 Å². The predicted octanol–water partition coefficient (Wildman–Crippen LogP) is 3.69. The van der Waals surface area contributed by atoms with Gasteiger partial charge in [-0.25, -0.2) is 0 Å². The summed E-state index contributed by atoms with van der Waals surface area (Å²) in [5.74, 6) is 0. The highest BCUT2D eigenvalue weighted by Crippen LogP contribution is 2.37. The lowest BCUT2D eigenvalue weighted by molar-refractivity contribution is 0.0406. The van der Waals surface area contributed by atoms with Crippen molar-refractivity contribution in [2.75, 3.05) is 20.2 Å². The van der Waals surface area contributed by atoms with Crippen LogP contribution in [0.1, 0.15) is 66.2 Å². The van der Waals surface area contributed by atoms with E-state index in [1.807, 2.05) is 0 Å². The first-order valence-electron chi connectivity index (χ1n) is 7.69. The van der Waals surface area contributed by atoms with Crippen LogP contribution in [-0.4, -0.2) is 36.2 Å². The minimum absolute atomic E-state index is 0.113. The van der Waals surface area contributed by atoms with Crippen molar-refractivity contribution >= 4 is 0 Å². The molecule has 1 aliphatic rings. The van der Waals surface area contributed by atoms with Gasteiger partial charge in [0, 0.05) is 24.6 Å². The Morgan fingerprint density at radius 3 is 2.06 bits per heavy atom. The second kappa shape index (κ2) is 6.38. The van der Waals surface area contributed by atoms with E-state index in [0.717, 1.165) is 25.4 Å². The van der Waals surface area contributed by atoms with Crippen molar-refractivity contribution in [2.45, 2.75) is 72.3 Å². The van der Waals surface area contributed by atoms with Crippen LogP contribution in [0.4, 0.5) is 0 Å². The third-order valence-electron chi connectivity index (χ3n) is 5.35. The van der Waals surface area contributed by atoms with Crippen molar-refractivity contribution in [2.24, 2.45) is 10.8 Å². The second-order valence-electron chi connectivity index (χ2n) is 7.18. The Bertz CT molecular complexity index is 227. The van der Waals surface area contributed by atoms with Gasteiger partial charge in [-0.15, -0.1) is 0 Å². The smallest absolute Gasteiger partial charge is 0.0499 e. The summed E-state index contributed by atoms with van der Waals surface area (Å²) >= 11 is 0. The fraction of sp³-hybridized carbons (Fsp3) is 1.00. The Kier molecular flexibility index (Phi) is 5.67. The third-order valence-corrected chi connectivity index (χ3v) is 5.35. The molecule has 0 aromatic carbocycles. The van der Waals surface area contributed by atoms with E-state index < -0.39 is 0 Å². The van der Waals surface area contributed by atoms with Gasteiger partial charge in [0.1, 0.15) is 0 Å². The summed E-state index contributed by atoms with van der Waals surface area (Å²) in [7, 11) is 2.25. The SMILES string of the molecule is CCC(CC)(CO)CN(C)C1CCC(C)(C)CC1. The first-order valence-corrected chi connectivity index (χ1v) is 7.69. The van der Waals surface area contributed by atoms with Gasteiger partial charge in [-0.3, -0.25) is 0 Å². The van der Waals surface area contributed by atoms with Crippen molar-refractivity contribution in [3.8, 4) is 0 Å². The number of hydrogen-bond donors (Lipinski definition) is 1. The lowest BCUT2D eigenvalue weighted by Gasteiger charge is -2.42. The highest BCUT2D eigenvalue weighted by Gasteiger charge is 2.33. The molecular formula is C16H33NO. The first-order chi connectivity index (χ1) is 8.38. The Labute approximate surface area is 114 Å².